The summed E-state index contributed by atoms with van der Waals surface area (Å²) >= 11 is 0. The number of halogens is 1. The lowest BCUT2D eigenvalue weighted by Gasteiger charge is -2.27. The van der Waals surface area contributed by atoms with Gasteiger partial charge in [-0.15, -0.1) is 0 Å². The third-order valence-electron chi connectivity index (χ3n) is 8.06. The number of aliphatic hydroxyl groups excluding tert-OH is 1. The van der Waals surface area contributed by atoms with Crippen LogP contribution in [0.3, 0.4) is 0 Å². The Morgan fingerprint density at radius 2 is 1.63 bits per heavy atom. The van der Waals surface area contributed by atoms with E-state index in [0.29, 0.717) is 29.1 Å². The summed E-state index contributed by atoms with van der Waals surface area (Å²) in [5, 5.41) is 19.3. The second-order valence-corrected chi connectivity index (χ2v) is 10.7. The molecule has 212 valence electrons. The zero-order valence-corrected chi connectivity index (χ0v) is 22.1. The van der Waals surface area contributed by atoms with Crippen molar-refractivity contribution >= 4 is 17.0 Å². The van der Waals surface area contributed by atoms with Gasteiger partial charge in [0, 0.05) is 24.3 Å². The highest BCUT2D eigenvalue weighted by Crippen LogP contribution is 2.38. The first kappa shape index (κ1) is 26.1. The number of hydrogen-bond donors (Lipinski definition) is 2. The number of hydrogen-bond acceptors (Lipinski definition) is 7. The van der Waals surface area contributed by atoms with Crippen molar-refractivity contribution in [2.75, 3.05) is 19.8 Å². The van der Waals surface area contributed by atoms with Crippen LogP contribution in [0.25, 0.3) is 33.4 Å². The number of nitrogens with zero attached hydrogens (tertiary/aromatic N) is 2. The van der Waals surface area contributed by atoms with Gasteiger partial charge in [0.15, 0.2) is 17.8 Å². The first-order chi connectivity index (χ1) is 20.0. The highest BCUT2D eigenvalue weighted by atomic mass is 19.1. The average Bonchev–Trinajstić information content (AvgIpc) is 3.68. The third kappa shape index (κ3) is 4.76. The average molecular weight is 561 g/mol. The lowest BCUT2D eigenvalue weighted by Crippen LogP contribution is -2.35. The van der Waals surface area contributed by atoms with Crippen molar-refractivity contribution in [1.29, 1.82) is 0 Å². The van der Waals surface area contributed by atoms with Crippen LogP contribution in [0.2, 0.25) is 0 Å². The number of aliphatic hydroxyl groups is 1. The number of carbonyl (C=O) groups is 1. The Morgan fingerprint density at radius 3 is 2.34 bits per heavy atom. The van der Waals surface area contributed by atoms with E-state index in [1.807, 2.05) is 16.7 Å². The van der Waals surface area contributed by atoms with Gasteiger partial charge in [-0.1, -0.05) is 36.4 Å². The molecule has 0 spiro atoms. The third-order valence-corrected chi connectivity index (χ3v) is 8.06. The summed E-state index contributed by atoms with van der Waals surface area (Å²) in [7, 11) is 0. The summed E-state index contributed by atoms with van der Waals surface area (Å²) in [6.07, 6.45) is 0.473. The molecule has 0 radical (unpaired) electrons. The predicted octanol–water partition coefficient (Wildman–Crippen LogP) is 4.81. The monoisotopic (exact) mass is 560 g/mol. The predicted molar refractivity (Wildman–Crippen MR) is 146 cm³/mol. The van der Waals surface area contributed by atoms with Crippen molar-refractivity contribution in [2.24, 2.45) is 0 Å². The van der Waals surface area contributed by atoms with Gasteiger partial charge >= 0.3 is 5.97 Å². The summed E-state index contributed by atoms with van der Waals surface area (Å²) in [6.45, 7) is 1.08. The Hall–Kier alpha value is -3.83. The minimum atomic E-state index is -0.979. The quantitative estimate of drug-likeness (QED) is 0.346. The van der Waals surface area contributed by atoms with E-state index in [0.717, 1.165) is 30.4 Å². The maximum atomic E-state index is 15.6. The molecule has 3 aliphatic rings. The van der Waals surface area contributed by atoms with Crippen LogP contribution in [0, 0.1) is 5.82 Å². The molecular formula is C31H29FN2O7. The molecule has 2 aromatic carbocycles. The summed E-state index contributed by atoms with van der Waals surface area (Å²) in [6, 6.07) is 17.2. The molecule has 41 heavy (non-hydrogen) atoms. The second-order valence-electron chi connectivity index (χ2n) is 10.7. The number of fused-ring (bicyclic) bond motifs is 2. The highest BCUT2D eigenvalue weighted by Gasteiger charge is 2.48. The fraction of sp³-hybridized carbons (Fsp3) is 0.355. The van der Waals surface area contributed by atoms with Crippen LogP contribution in [0.15, 0.2) is 60.7 Å². The van der Waals surface area contributed by atoms with Crippen LogP contribution in [-0.4, -0.2) is 70.0 Å². The molecule has 0 amide bonds. The zero-order chi connectivity index (χ0) is 28.1. The largest absolute Gasteiger partial charge is 0.478 e. The maximum absolute atomic E-state index is 15.6. The number of ether oxygens (including phenoxy) is 4. The summed E-state index contributed by atoms with van der Waals surface area (Å²) in [5.74, 6) is -0.952. The van der Waals surface area contributed by atoms with Crippen molar-refractivity contribution in [3.8, 4) is 28.3 Å². The number of aromatic carboxylic acids is 1. The number of rotatable bonds is 6. The lowest BCUT2D eigenvalue weighted by molar-refractivity contribution is -0.0392. The van der Waals surface area contributed by atoms with Crippen LogP contribution in [0.1, 0.15) is 35.8 Å². The molecule has 3 aliphatic heterocycles. The topological polar surface area (TPSA) is 112 Å². The van der Waals surface area contributed by atoms with E-state index in [1.54, 1.807) is 42.5 Å². The van der Waals surface area contributed by atoms with Crippen molar-refractivity contribution < 1.29 is 38.3 Å². The van der Waals surface area contributed by atoms with E-state index in [-0.39, 0.29) is 36.8 Å². The van der Waals surface area contributed by atoms with Gasteiger partial charge in [0.2, 0.25) is 0 Å². The Morgan fingerprint density at radius 1 is 0.927 bits per heavy atom. The highest BCUT2D eigenvalue weighted by molar-refractivity contribution is 5.88. The molecule has 2 aromatic heterocycles. The number of pyridine rings is 1. The number of carboxylic acids is 1. The van der Waals surface area contributed by atoms with Gasteiger partial charge in [-0.2, -0.15) is 0 Å². The first-order valence-electron chi connectivity index (χ1n) is 13.8. The molecule has 4 aromatic rings. The number of aromatic nitrogens is 2. The van der Waals surface area contributed by atoms with Gasteiger partial charge in [0.05, 0.1) is 29.8 Å². The normalized spacial score (nSPS) is 25.9. The molecular weight excluding hydrogens is 531 g/mol. The first-order valence-corrected chi connectivity index (χ1v) is 13.8. The molecule has 5 atom stereocenters. The molecule has 9 nitrogen and oxygen atoms in total. The Labute approximate surface area is 235 Å². The van der Waals surface area contributed by atoms with Gasteiger partial charge in [-0.05, 0) is 42.5 Å². The minimum absolute atomic E-state index is 0.201. The fourth-order valence-corrected chi connectivity index (χ4v) is 5.94. The minimum Gasteiger partial charge on any atom is -0.478 e. The van der Waals surface area contributed by atoms with Crippen molar-refractivity contribution in [3.05, 3.63) is 72.0 Å². The van der Waals surface area contributed by atoms with Crippen LogP contribution in [-0.2, 0) is 14.2 Å². The maximum Gasteiger partial charge on any atom is 0.335 e. The van der Waals surface area contributed by atoms with Crippen LogP contribution < -0.4 is 4.74 Å². The SMILES string of the molecule is O=C(O)c1ccc(-c2ccc(-c3nc4cc(O[C@@H]5COC6C5OC[C@H]6O)n(C5CCCCO5)c4cc3F)cc2)cc1. The van der Waals surface area contributed by atoms with Gasteiger partial charge < -0.3 is 29.2 Å². The number of carboxylic acid groups (broad SMARTS) is 1. The van der Waals surface area contributed by atoms with Gasteiger partial charge in [0.1, 0.15) is 30.2 Å². The second kappa shape index (κ2) is 10.5. The van der Waals surface area contributed by atoms with Crippen molar-refractivity contribution in [3.63, 3.8) is 0 Å². The molecule has 3 unspecified atom stereocenters. The Balaban J connectivity index is 1.22. The smallest absolute Gasteiger partial charge is 0.335 e. The van der Waals surface area contributed by atoms with Crippen LogP contribution in [0.5, 0.6) is 5.88 Å². The van der Waals surface area contributed by atoms with Gasteiger partial charge in [-0.25, -0.2) is 14.2 Å². The molecule has 5 heterocycles. The van der Waals surface area contributed by atoms with E-state index in [9.17, 15) is 9.90 Å². The van der Waals surface area contributed by atoms with Crippen LogP contribution in [0.4, 0.5) is 4.39 Å². The molecule has 0 saturated carbocycles. The molecule has 0 aliphatic carbocycles. The van der Waals surface area contributed by atoms with E-state index in [4.69, 9.17) is 29.0 Å². The standard InChI is InChI=1S/C31H29FN2O7/c32-21-13-23-22(33-28(21)19-8-4-17(5-9-19)18-6-10-20(11-7-18)31(36)37)14-27(34(23)26-3-1-2-12-38-26)41-25-16-40-29-24(35)15-39-30(25)29/h4-11,13-14,24-26,29-30,35H,1-3,12,15-16H2,(H,36,37)/t24-,25-,26?,29?,30?/m1/s1. The van der Waals surface area contributed by atoms with E-state index in [2.05, 4.69) is 0 Å². The summed E-state index contributed by atoms with van der Waals surface area (Å²) in [5.41, 5.74) is 3.92. The molecule has 3 saturated heterocycles. The molecule has 0 bridgehead atoms. The lowest BCUT2D eigenvalue weighted by atomic mass is 10.0. The molecule has 2 N–H and O–H groups in total. The summed E-state index contributed by atoms with van der Waals surface area (Å²) in [4.78, 5) is 15.9. The van der Waals surface area contributed by atoms with E-state index >= 15 is 4.39 Å². The fourth-order valence-electron chi connectivity index (χ4n) is 5.94. The Kier molecular flexibility index (Phi) is 6.70. The molecule has 10 heteroatoms. The van der Waals surface area contributed by atoms with E-state index < -0.39 is 30.1 Å². The van der Waals surface area contributed by atoms with E-state index in [1.165, 1.54) is 6.07 Å². The Bertz CT molecular complexity index is 1580. The zero-order valence-electron chi connectivity index (χ0n) is 22.1. The summed E-state index contributed by atoms with van der Waals surface area (Å²) < 4.78 is 41.5. The molecule has 3 fully saturated rings. The van der Waals surface area contributed by atoms with Crippen LogP contribution >= 0.6 is 0 Å². The number of benzene rings is 2. The van der Waals surface area contributed by atoms with Gasteiger partial charge in [-0.3, -0.25) is 4.57 Å². The van der Waals surface area contributed by atoms with Crippen molar-refractivity contribution in [2.45, 2.75) is 49.9 Å². The molecule has 7 rings (SSSR count). The van der Waals surface area contributed by atoms with Gasteiger partial charge in [0.25, 0.3) is 0 Å². The van der Waals surface area contributed by atoms with Crippen molar-refractivity contribution in [1.82, 2.24) is 9.55 Å².